The Morgan fingerprint density at radius 1 is 1.29 bits per heavy atom. The number of nitrogens with one attached hydrogen (secondary N) is 2. The highest BCUT2D eigenvalue weighted by Gasteiger charge is 2.48. The van der Waals surface area contributed by atoms with Crippen molar-refractivity contribution in [3.63, 3.8) is 0 Å². The molecule has 0 bridgehead atoms. The largest absolute Gasteiger partial charge is 0.421 e. The maximum Gasteiger partial charge on any atom is 0.421 e. The summed E-state index contributed by atoms with van der Waals surface area (Å²) >= 11 is 1.59. The standard InChI is InChI=1S/C21H34F3N5OS/c1-4-20(15-6-10-30-11-7-15)12-16(13-20)27-19-26-14-17(21(22,23)24)18(28-19)25-8-5-9-29(2)31-3/h14-16H,4-13H2,1-3H3,(H2,25,26,27,28). The summed E-state index contributed by atoms with van der Waals surface area (Å²) in [5.74, 6) is 0.773. The maximum absolute atomic E-state index is 13.4. The van der Waals surface area contributed by atoms with E-state index in [9.17, 15) is 13.2 Å². The zero-order valence-electron chi connectivity index (χ0n) is 18.6. The van der Waals surface area contributed by atoms with E-state index in [2.05, 4.69) is 27.5 Å². The molecule has 2 heterocycles. The molecule has 0 atom stereocenters. The van der Waals surface area contributed by atoms with Crippen molar-refractivity contribution in [2.45, 2.75) is 57.7 Å². The number of hydrogen-bond acceptors (Lipinski definition) is 7. The molecule has 176 valence electrons. The van der Waals surface area contributed by atoms with Gasteiger partial charge in [-0.3, -0.25) is 4.31 Å². The summed E-state index contributed by atoms with van der Waals surface area (Å²) in [6.07, 6.45) is 4.38. The smallest absolute Gasteiger partial charge is 0.381 e. The Labute approximate surface area is 187 Å². The van der Waals surface area contributed by atoms with E-state index in [1.54, 1.807) is 11.9 Å². The molecule has 2 N–H and O–H groups in total. The molecule has 0 radical (unpaired) electrons. The van der Waals surface area contributed by atoms with Crippen LogP contribution in [0.15, 0.2) is 6.20 Å². The fraction of sp³-hybridized carbons (Fsp3) is 0.810. The average Bonchev–Trinajstić information content (AvgIpc) is 2.73. The number of ether oxygens (including phenoxy) is 1. The second kappa shape index (κ2) is 10.6. The first-order chi connectivity index (χ1) is 14.8. The molecule has 1 aromatic rings. The van der Waals surface area contributed by atoms with E-state index in [-0.39, 0.29) is 17.8 Å². The average molecular weight is 462 g/mol. The summed E-state index contributed by atoms with van der Waals surface area (Å²) < 4.78 is 47.7. The van der Waals surface area contributed by atoms with Crippen molar-refractivity contribution < 1.29 is 17.9 Å². The van der Waals surface area contributed by atoms with Crippen LogP contribution in [0, 0.1) is 11.3 Å². The Kier molecular flexibility index (Phi) is 8.31. The number of alkyl halides is 3. The lowest BCUT2D eigenvalue weighted by Crippen LogP contribution is -2.50. The zero-order chi connectivity index (χ0) is 22.5. The van der Waals surface area contributed by atoms with Gasteiger partial charge in [0.25, 0.3) is 0 Å². The molecule has 1 aliphatic carbocycles. The van der Waals surface area contributed by atoms with Crippen LogP contribution in [0.3, 0.4) is 0 Å². The Bertz CT molecular complexity index is 709. The highest BCUT2D eigenvalue weighted by Crippen LogP contribution is 2.53. The predicted molar refractivity (Wildman–Crippen MR) is 119 cm³/mol. The van der Waals surface area contributed by atoms with Crippen LogP contribution in [0.1, 0.15) is 51.0 Å². The third-order valence-electron chi connectivity index (χ3n) is 6.78. The van der Waals surface area contributed by atoms with Crippen LogP contribution in [-0.2, 0) is 10.9 Å². The minimum Gasteiger partial charge on any atom is -0.381 e. The van der Waals surface area contributed by atoms with Crippen LogP contribution in [0.4, 0.5) is 24.9 Å². The van der Waals surface area contributed by atoms with Crippen LogP contribution in [0.5, 0.6) is 0 Å². The highest BCUT2D eigenvalue weighted by atomic mass is 32.2. The van der Waals surface area contributed by atoms with Crippen LogP contribution in [0.25, 0.3) is 0 Å². The predicted octanol–water partition coefficient (Wildman–Crippen LogP) is 4.90. The van der Waals surface area contributed by atoms with Gasteiger partial charge in [-0.25, -0.2) is 4.98 Å². The van der Waals surface area contributed by atoms with Gasteiger partial charge < -0.3 is 15.4 Å². The molecule has 10 heteroatoms. The molecule has 0 aromatic carbocycles. The normalized spacial score (nSPS) is 24.8. The lowest BCUT2D eigenvalue weighted by molar-refractivity contribution is -0.137. The Morgan fingerprint density at radius 2 is 2.00 bits per heavy atom. The van der Waals surface area contributed by atoms with Gasteiger partial charge in [-0.1, -0.05) is 25.3 Å². The Morgan fingerprint density at radius 3 is 2.61 bits per heavy atom. The quantitative estimate of drug-likeness (QED) is 0.379. The van der Waals surface area contributed by atoms with Crippen LogP contribution >= 0.6 is 11.9 Å². The van der Waals surface area contributed by atoms with Crippen molar-refractivity contribution in [3.8, 4) is 0 Å². The van der Waals surface area contributed by atoms with Crippen molar-refractivity contribution >= 4 is 23.7 Å². The highest BCUT2D eigenvalue weighted by molar-refractivity contribution is 7.96. The van der Waals surface area contributed by atoms with E-state index < -0.39 is 11.7 Å². The van der Waals surface area contributed by atoms with Crippen molar-refractivity contribution in [3.05, 3.63) is 11.8 Å². The molecule has 0 spiro atoms. The summed E-state index contributed by atoms with van der Waals surface area (Å²) in [6.45, 7) is 5.08. The van der Waals surface area contributed by atoms with Crippen molar-refractivity contribution in [1.29, 1.82) is 0 Å². The van der Waals surface area contributed by atoms with Gasteiger partial charge in [0.2, 0.25) is 5.95 Å². The molecule has 6 nitrogen and oxygen atoms in total. The van der Waals surface area contributed by atoms with Crippen LogP contribution in [0.2, 0.25) is 0 Å². The lowest BCUT2D eigenvalue weighted by atomic mass is 9.55. The minimum atomic E-state index is -4.49. The summed E-state index contributed by atoms with van der Waals surface area (Å²) in [5.41, 5.74) is -0.521. The molecule has 0 amide bonds. The van der Waals surface area contributed by atoms with E-state index in [4.69, 9.17) is 4.74 Å². The van der Waals surface area contributed by atoms with E-state index in [0.717, 1.165) is 58.1 Å². The van der Waals surface area contributed by atoms with Crippen molar-refractivity contribution in [2.75, 3.05) is 50.2 Å². The number of nitrogens with zero attached hydrogens (tertiary/aromatic N) is 3. The van der Waals surface area contributed by atoms with Crippen molar-refractivity contribution in [2.24, 2.45) is 11.3 Å². The Hall–Kier alpha value is -1.26. The maximum atomic E-state index is 13.4. The van der Waals surface area contributed by atoms with Crippen molar-refractivity contribution in [1.82, 2.24) is 14.3 Å². The second-order valence-corrected chi connectivity index (χ2v) is 9.61. The summed E-state index contributed by atoms with van der Waals surface area (Å²) in [7, 11) is 1.95. The number of rotatable bonds is 10. The number of aromatic nitrogens is 2. The van der Waals surface area contributed by atoms with Gasteiger partial charge in [0.15, 0.2) is 0 Å². The molecular formula is C21H34F3N5OS. The Balaban J connectivity index is 1.61. The molecular weight excluding hydrogens is 427 g/mol. The molecule has 2 aliphatic rings. The summed E-state index contributed by atoms with van der Waals surface area (Å²) in [6, 6.07) is 0.197. The fourth-order valence-electron chi connectivity index (χ4n) is 4.82. The fourth-order valence-corrected chi connectivity index (χ4v) is 5.13. The molecule has 2 fully saturated rings. The molecule has 1 aliphatic heterocycles. The number of halogens is 3. The second-order valence-electron chi connectivity index (χ2n) is 8.62. The van der Waals surface area contributed by atoms with E-state index in [1.807, 2.05) is 17.6 Å². The van der Waals surface area contributed by atoms with Gasteiger partial charge in [0.05, 0.1) is 0 Å². The van der Waals surface area contributed by atoms with E-state index >= 15 is 0 Å². The van der Waals surface area contributed by atoms with Gasteiger partial charge in [-0.2, -0.15) is 18.2 Å². The van der Waals surface area contributed by atoms with E-state index in [1.165, 1.54) is 0 Å². The SMILES string of the molecule is CCC1(C2CCOCC2)CC(Nc2ncc(C(F)(F)F)c(NCCCN(C)SC)n2)C1. The first kappa shape index (κ1) is 24.4. The number of hydrogen-bond donors (Lipinski definition) is 2. The van der Waals surface area contributed by atoms with Gasteiger partial charge in [-0.05, 0) is 56.7 Å². The summed E-state index contributed by atoms with van der Waals surface area (Å²) in [5, 5.41) is 6.14. The molecule has 0 unspecified atom stereocenters. The van der Waals surface area contributed by atoms with Gasteiger partial charge in [0, 0.05) is 38.5 Å². The lowest BCUT2D eigenvalue weighted by Gasteiger charge is -2.53. The third-order valence-corrected chi connectivity index (χ3v) is 7.58. The molecule has 31 heavy (non-hydrogen) atoms. The summed E-state index contributed by atoms with van der Waals surface area (Å²) in [4.78, 5) is 8.16. The van der Waals surface area contributed by atoms with Gasteiger partial charge >= 0.3 is 6.18 Å². The molecule has 3 rings (SSSR count). The van der Waals surface area contributed by atoms with Crippen LogP contribution in [-0.4, -0.2) is 59.9 Å². The zero-order valence-corrected chi connectivity index (χ0v) is 19.4. The first-order valence-electron chi connectivity index (χ1n) is 11.0. The van der Waals surface area contributed by atoms with Crippen LogP contribution < -0.4 is 10.6 Å². The topological polar surface area (TPSA) is 62.3 Å². The molecule has 1 saturated heterocycles. The minimum absolute atomic E-state index is 0.151. The van der Waals surface area contributed by atoms with E-state index in [0.29, 0.717) is 24.3 Å². The van der Waals surface area contributed by atoms with Gasteiger partial charge in [-0.15, -0.1) is 0 Å². The first-order valence-corrected chi connectivity index (χ1v) is 12.2. The molecule has 1 aromatic heterocycles. The number of anilines is 2. The third kappa shape index (κ3) is 6.16. The molecule has 1 saturated carbocycles. The monoisotopic (exact) mass is 461 g/mol. The van der Waals surface area contributed by atoms with Gasteiger partial charge in [0.1, 0.15) is 11.4 Å².